The predicted octanol–water partition coefficient (Wildman–Crippen LogP) is 2.56. The fraction of sp³-hybridized carbons (Fsp3) is 0.500. The second-order valence-electron chi connectivity index (χ2n) is 5.01. The summed E-state index contributed by atoms with van der Waals surface area (Å²) in [7, 11) is 0. The van der Waals surface area contributed by atoms with Crippen LogP contribution in [0.2, 0.25) is 0 Å². The van der Waals surface area contributed by atoms with Crippen LogP contribution in [0.25, 0.3) is 0 Å². The van der Waals surface area contributed by atoms with Gasteiger partial charge in [-0.25, -0.2) is 0 Å². The molecule has 0 bridgehead atoms. The lowest BCUT2D eigenvalue weighted by molar-refractivity contribution is -0.183. The van der Waals surface area contributed by atoms with Crippen LogP contribution in [-0.2, 0) is 6.54 Å². The van der Waals surface area contributed by atoms with Crippen LogP contribution in [0.4, 0.5) is 13.2 Å². The Labute approximate surface area is 115 Å². The van der Waals surface area contributed by atoms with E-state index in [9.17, 15) is 18.0 Å². The van der Waals surface area contributed by atoms with Crippen molar-refractivity contribution in [3.8, 4) is 0 Å². The van der Waals surface area contributed by atoms with Gasteiger partial charge in [0.15, 0.2) is 0 Å². The summed E-state index contributed by atoms with van der Waals surface area (Å²) >= 11 is 0. The number of nitrogens with zero attached hydrogens (tertiary/aromatic N) is 1. The zero-order chi connectivity index (χ0) is 14.8. The van der Waals surface area contributed by atoms with E-state index in [4.69, 9.17) is 5.73 Å². The number of piperidine rings is 1. The van der Waals surface area contributed by atoms with E-state index in [0.29, 0.717) is 12.1 Å². The van der Waals surface area contributed by atoms with Gasteiger partial charge in [0.2, 0.25) is 0 Å². The quantitative estimate of drug-likeness (QED) is 0.908. The molecule has 6 heteroatoms. The smallest absolute Gasteiger partial charge is 0.339 e. The Hall–Kier alpha value is -1.56. The molecule has 1 fully saturated rings. The third-order valence-electron chi connectivity index (χ3n) is 3.68. The van der Waals surface area contributed by atoms with Crippen molar-refractivity contribution in [1.82, 2.24) is 4.90 Å². The highest BCUT2D eigenvalue weighted by Gasteiger charge is 2.41. The highest BCUT2D eigenvalue weighted by Crippen LogP contribution is 2.34. The van der Waals surface area contributed by atoms with E-state index in [1.807, 2.05) is 0 Å². The number of alkyl halides is 3. The first-order valence-electron chi connectivity index (χ1n) is 6.57. The topological polar surface area (TPSA) is 46.3 Å². The zero-order valence-electron chi connectivity index (χ0n) is 11.0. The monoisotopic (exact) mass is 286 g/mol. The molecule has 2 N–H and O–H groups in total. The first kappa shape index (κ1) is 14.8. The van der Waals surface area contributed by atoms with Gasteiger partial charge in [0.05, 0.1) is 5.92 Å². The van der Waals surface area contributed by atoms with Gasteiger partial charge in [-0.05, 0) is 30.5 Å². The Morgan fingerprint density at radius 1 is 1.20 bits per heavy atom. The molecular formula is C14H17F3N2O. The molecule has 110 valence electrons. The molecule has 20 heavy (non-hydrogen) atoms. The van der Waals surface area contributed by atoms with Gasteiger partial charge in [-0.1, -0.05) is 12.1 Å². The van der Waals surface area contributed by atoms with Crippen molar-refractivity contribution < 1.29 is 18.0 Å². The lowest BCUT2D eigenvalue weighted by atomic mass is 9.96. The van der Waals surface area contributed by atoms with Crippen LogP contribution >= 0.6 is 0 Å². The van der Waals surface area contributed by atoms with Gasteiger partial charge in [0, 0.05) is 25.2 Å². The fourth-order valence-corrected chi connectivity index (χ4v) is 2.38. The third-order valence-corrected chi connectivity index (χ3v) is 3.68. The molecular weight excluding hydrogens is 269 g/mol. The minimum atomic E-state index is -4.15. The number of amides is 1. The molecule has 1 aliphatic rings. The van der Waals surface area contributed by atoms with E-state index >= 15 is 0 Å². The summed E-state index contributed by atoms with van der Waals surface area (Å²) in [6.07, 6.45) is -4.19. The van der Waals surface area contributed by atoms with Gasteiger partial charge in [-0.15, -0.1) is 0 Å². The van der Waals surface area contributed by atoms with Crippen molar-refractivity contribution in [3.05, 3.63) is 35.4 Å². The normalized spacial score (nSPS) is 17.3. The molecule has 1 saturated heterocycles. The van der Waals surface area contributed by atoms with Crippen molar-refractivity contribution in [1.29, 1.82) is 0 Å². The molecule has 2 rings (SSSR count). The largest absolute Gasteiger partial charge is 0.391 e. The van der Waals surface area contributed by atoms with Crippen LogP contribution in [0.5, 0.6) is 0 Å². The molecule has 0 aliphatic carbocycles. The highest BCUT2D eigenvalue weighted by molar-refractivity contribution is 5.94. The summed E-state index contributed by atoms with van der Waals surface area (Å²) in [6.45, 7) is 0.703. The van der Waals surface area contributed by atoms with Gasteiger partial charge >= 0.3 is 6.18 Å². The highest BCUT2D eigenvalue weighted by atomic mass is 19.4. The summed E-state index contributed by atoms with van der Waals surface area (Å²) < 4.78 is 37.7. The molecule has 0 unspecified atom stereocenters. The van der Waals surface area contributed by atoms with Gasteiger partial charge in [-0.2, -0.15) is 13.2 Å². The molecule has 1 heterocycles. The number of nitrogens with two attached hydrogens (primary N) is 1. The van der Waals surface area contributed by atoms with Gasteiger partial charge in [0.1, 0.15) is 0 Å². The number of benzene rings is 1. The van der Waals surface area contributed by atoms with E-state index in [1.165, 1.54) is 4.90 Å². The zero-order valence-corrected chi connectivity index (χ0v) is 11.0. The lowest BCUT2D eigenvalue weighted by Crippen LogP contribution is -2.42. The van der Waals surface area contributed by atoms with E-state index < -0.39 is 12.1 Å². The van der Waals surface area contributed by atoms with Gasteiger partial charge in [-0.3, -0.25) is 4.79 Å². The minimum absolute atomic E-state index is 0.0177. The van der Waals surface area contributed by atoms with Crippen molar-refractivity contribution in [2.45, 2.75) is 25.6 Å². The Balaban J connectivity index is 1.97. The van der Waals surface area contributed by atoms with Crippen molar-refractivity contribution in [3.63, 3.8) is 0 Å². The number of likely N-dealkylation sites (tertiary alicyclic amines) is 1. The van der Waals surface area contributed by atoms with E-state index in [2.05, 4.69) is 0 Å². The van der Waals surface area contributed by atoms with Crippen molar-refractivity contribution in [2.75, 3.05) is 13.1 Å². The molecule has 0 saturated carbocycles. The van der Waals surface area contributed by atoms with Gasteiger partial charge < -0.3 is 10.6 Å². The average molecular weight is 286 g/mol. The van der Waals surface area contributed by atoms with Crippen molar-refractivity contribution in [2.24, 2.45) is 11.7 Å². The SMILES string of the molecule is NCc1ccc(C(=O)N2CCC(C(F)(F)F)CC2)cc1. The van der Waals surface area contributed by atoms with Crippen LogP contribution in [0.15, 0.2) is 24.3 Å². The standard InChI is InChI=1S/C14H17F3N2O/c15-14(16,17)12-5-7-19(8-6-12)13(20)11-3-1-10(9-18)2-4-11/h1-4,12H,5-9,18H2. The first-order chi connectivity index (χ1) is 9.41. The summed E-state index contributed by atoms with van der Waals surface area (Å²) in [6, 6.07) is 6.85. The molecule has 0 aromatic heterocycles. The molecule has 0 radical (unpaired) electrons. The minimum Gasteiger partial charge on any atom is -0.339 e. The number of carbonyl (C=O) groups excluding carboxylic acids is 1. The number of hydrogen-bond donors (Lipinski definition) is 1. The molecule has 1 amide bonds. The fourth-order valence-electron chi connectivity index (χ4n) is 2.38. The number of hydrogen-bond acceptors (Lipinski definition) is 2. The number of halogens is 3. The van der Waals surface area contributed by atoms with Crippen LogP contribution < -0.4 is 5.73 Å². The maximum Gasteiger partial charge on any atom is 0.391 e. The van der Waals surface area contributed by atoms with Gasteiger partial charge in [0.25, 0.3) is 5.91 Å². The molecule has 0 spiro atoms. The van der Waals surface area contributed by atoms with E-state index in [1.54, 1.807) is 24.3 Å². The summed E-state index contributed by atoms with van der Waals surface area (Å²) in [5.74, 6) is -1.50. The van der Waals surface area contributed by atoms with Crippen LogP contribution in [-0.4, -0.2) is 30.1 Å². The molecule has 1 aromatic rings. The summed E-state index contributed by atoms with van der Waals surface area (Å²) in [5, 5.41) is 0. The Kier molecular flexibility index (Phi) is 4.32. The van der Waals surface area contributed by atoms with Crippen molar-refractivity contribution >= 4 is 5.91 Å². The van der Waals surface area contributed by atoms with Crippen LogP contribution in [0.1, 0.15) is 28.8 Å². The summed E-state index contributed by atoms with van der Waals surface area (Å²) in [4.78, 5) is 13.7. The third kappa shape index (κ3) is 3.30. The number of carbonyl (C=O) groups is 1. The number of rotatable bonds is 2. The molecule has 1 aromatic carbocycles. The van der Waals surface area contributed by atoms with E-state index in [-0.39, 0.29) is 31.8 Å². The second-order valence-corrected chi connectivity index (χ2v) is 5.01. The Morgan fingerprint density at radius 3 is 2.20 bits per heavy atom. The molecule has 3 nitrogen and oxygen atoms in total. The molecule has 0 atom stereocenters. The summed E-state index contributed by atoms with van der Waals surface area (Å²) in [5.41, 5.74) is 6.88. The maximum atomic E-state index is 12.6. The first-order valence-corrected chi connectivity index (χ1v) is 6.57. The van der Waals surface area contributed by atoms with Crippen LogP contribution in [0.3, 0.4) is 0 Å². The maximum absolute atomic E-state index is 12.6. The Morgan fingerprint density at radius 2 is 1.75 bits per heavy atom. The lowest BCUT2D eigenvalue weighted by Gasteiger charge is -2.33. The second kappa shape index (κ2) is 5.83. The van der Waals surface area contributed by atoms with Crippen LogP contribution in [0, 0.1) is 5.92 Å². The molecule has 1 aliphatic heterocycles. The Bertz CT molecular complexity index is 462. The predicted molar refractivity (Wildman–Crippen MR) is 69.0 cm³/mol. The van der Waals surface area contributed by atoms with E-state index in [0.717, 1.165) is 5.56 Å². The average Bonchev–Trinajstić information content (AvgIpc) is 2.46.